The highest BCUT2D eigenvalue weighted by Gasteiger charge is 2.26. The first-order chi connectivity index (χ1) is 17.8. The highest BCUT2D eigenvalue weighted by Crippen LogP contribution is 2.35. The number of nitrogens with one attached hydrogen (secondary N) is 4. The van der Waals surface area contributed by atoms with Crippen molar-refractivity contribution in [2.24, 2.45) is 5.10 Å². The van der Waals surface area contributed by atoms with E-state index < -0.39 is 6.23 Å². The van der Waals surface area contributed by atoms with E-state index in [1.165, 1.54) is 25.7 Å². The van der Waals surface area contributed by atoms with Crippen LogP contribution in [0.1, 0.15) is 44.0 Å². The standard InChI is InChI=1S/C24H31N9O3/c1-34-18-13-16(33-9-11-35-12-10-33)7-8-17(18)27-24-28-21(26-15-5-3-2-4-6-15)19-20(23-32-25-14-36-23)30-31-22(19)29-24/h7-8,13-15,23,32H,2-6,9-12H2,1H3,(H3,26,27,28,29,30,31). The fraction of sp³-hybridized carbons (Fsp3) is 0.500. The van der Waals surface area contributed by atoms with Crippen molar-refractivity contribution in [3.05, 3.63) is 23.9 Å². The van der Waals surface area contributed by atoms with Crippen molar-refractivity contribution < 1.29 is 14.2 Å². The lowest BCUT2D eigenvalue weighted by Gasteiger charge is -2.29. The third-order valence-electron chi connectivity index (χ3n) is 6.90. The molecule has 12 nitrogen and oxygen atoms in total. The van der Waals surface area contributed by atoms with Crippen molar-refractivity contribution in [1.29, 1.82) is 0 Å². The summed E-state index contributed by atoms with van der Waals surface area (Å²) in [5, 5.41) is 19.3. The van der Waals surface area contributed by atoms with Crippen LogP contribution in [0.3, 0.4) is 0 Å². The van der Waals surface area contributed by atoms with Crippen LogP contribution in [0.4, 0.5) is 23.1 Å². The van der Waals surface area contributed by atoms with Gasteiger partial charge >= 0.3 is 0 Å². The summed E-state index contributed by atoms with van der Waals surface area (Å²) in [6.07, 6.45) is 6.84. The van der Waals surface area contributed by atoms with Crippen LogP contribution in [0.2, 0.25) is 0 Å². The molecule has 2 fully saturated rings. The smallest absolute Gasteiger partial charge is 0.231 e. The Labute approximate surface area is 208 Å². The Balaban J connectivity index is 1.32. The van der Waals surface area contributed by atoms with Gasteiger partial charge in [0.2, 0.25) is 12.2 Å². The van der Waals surface area contributed by atoms with Crippen molar-refractivity contribution >= 4 is 40.6 Å². The van der Waals surface area contributed by atoms with E-state index in [0.717, 1.165) is 67.4 Å². The number of aromatic nitrogens is 4. The van der Waals surface area contributed by atoms with E-state index in [9.17, 15) is 0 Å². The highest BCUT2D eigenvalue weighted by atomic mass is 16.5. The summed E-state index contributed by atoms with van der Waals surface area (Å²) in [5.74, 6) is 1.88. The summed E-state index contributed by atoms with van der Waals surface area (Å²) in [5.41, 5.74) is 6.09. The number of morpholine rings is 1. The molecule has 6 rings (SSSR count). The van der Waals surface area contributed by atoms with E-state index in [1.54, 1.807) is 7.11 Å². The minimum Gasteiger partial charge on any atom is -0.494 e. The van der Waals surface area contributed by atoms with Gasteiger partial charge in [0.1, 0.15) is 17.3 Å². The predicted octanol–water partition coefficient (Wildman–Crippen LogP) is 3.25. The molecular weight excluding hydrogens is 462 g/mol. The number of anilines is 4. The largest absolute Gasteiger partial charge is 0.494 e. The summed E-state index contributed by atoms with van der Waals surface area (Å²) in [6.45, 7) is 3.17. The van der Waals surface area contributed by atoms with Crippen LogP contribution in [-0.2, 0) is 9.47 Å². The molecule has 36 heavy (non-hydrogen) atoms. The van der Waals surface area contributed by atoms with Gasteiger partial charge in [0, 0.05) is 30.9 Å². The number of hydrazone groups is 1. The quantitative estimate of drug-likeness (QED) is 0.389. The highest BCUT2D eigenvalue weighted by molar-refractivity contribution is 5.91. The molecule has 12 heteroatoms. The van der Waals surface area contributed by atoms with E-state index in [2.05, 4.69) is 42.3 Å². The molecule has 1 atom stereocenters. The fourth-order valence-corrected chi connectivity index (χ4v) is 5.01. The Bertz CT molecular complexity index is 1230. The monoisotopic (exact) mass is 493 g/mol. The third kappa shape index (κ3) is 4.55. The number of hydrogen-bond acceptors (Lipinski definition) is 11. The van der Waals surface area contributed by atoms with Crippen molar-refractivity contribution in [3.63, 3.8) is 0 Å². The van der Waals surface area contributed by atoms with Crippen LogP contribution >= 0.6 is 0 Å². The molecule has 1 saturated carbocycles. The molecule has 4 heterocycles. The number of hydrogen-bond donors (Lipinski definition) is 4. The van der Waals surface area contributed by atoms with Crippen molar-refractivity contribution in [3.8, 4) is 5.75 Å². The Morgan fingerprint density at radius 2 is 1.97 bits per heavy atom. The van der Waals surface area contributed by atoms with Crippen LogP contribution in [0.15, 0.2) is 23.3 Å². The van der Waals surface area contributed by atoms with Gasteiger partial charge in [0.15, 0.2) is 12.0 Å². The zero-order chi connectivity index (χ0) is 24.3. The number of rotatable bonds is 7. The van der Waals surface area contributed by atoms with Crippen molar-refractivity contribution in [2.75, 3.05) is 48.9 Å². The van der Waals surface area contributed by atoms with E-state index >= 15 is 0 Å². The lowest BCUT2D eigenvalue weighted by molar-refractivity contribution is 0.122. The number of aromatic amines is 1. The Kier molecular flexibility index (Phi) is 6.33. The second-order valence-corrected chi connectivity index (χ2v) is 9.20. The average Bonchev–Trinajstić information content (AvgIpc) is 3.60. The molecule has 1 aromatic carbocycles. The molecule has 2 aliphatic heterocycles. The number of H-pyrrole nitrogens is 1. The van der Waals surface area contributed by atoms with Crippen LogP contribution in [0, 0.1) is 0 Å². The number of benzene rings is 1. The van der Waals surface area contributed by atoms with E-state index in [1.807, 2.05) is 12.1 Å². The van der Waals surface area contributed by atoms with Gasteiger partial charge in [0.05, 0.1) is 31.4 Å². The summed E-state index contributed by atoms with van der Waals surface area (Å²) in [4.78, 5) is 11.9. The van der Waals surface area contributed by atoms with Gasteiger partial charge in [-0.3, -0.25) is 10.5 Å². The van der Waals surface area contributed by atoms with Gasteiger partial charge in [-0.25, -0.2) is 0 Å². The van der Waals surface area contributed by atoms with Crippen molar-refractivity contribution in [2.45, 2.75) is 44.4 Å². The molecule has 3 aromatic rings. The predicted molar refractivity (Wildman–Crippen MR) is 137 cm³/mol. The van der Waals surface area contributed by atoms with Crippen LogP contribution < -0.4 is 25.7 Å². The summed E-state index contributed by atoms with van der Waals surface area (Å²) in [6, 6.07) is 6.45. The fourth-order valence-electron chi connectivity index (χ4n) is 5.01. The number of ether oxygens (including phenoxy) is 3. The minimum absolute atomic E-state index is 0.350. The van der Waals surface area contributed by atoms with E-state index in [-0.39, 0.29) is 0 Å². The SMILES string of the molecule is COc1cc(N2CCOCC2)ccc1Nc1nc(NC2CCCCC2)c2c(C3NN=CO3)[nH]nc2n1. The van der Waals surface area contributed by atoms with Gasteiger partial charge in [-0.2, -0.15) is 15.1 Å². The number of methoxy groups -OCH3 is 1. The summed E-state index contributed by atoms with van der Waals surface area (Å²) >= 11 is 0. The average molecular weight is 494 g/mol. The second kappa shape index (κ2) is 10.1. The maximum Gasteiger partial charge on any atom is 0.231 e. The summed E-state index contributed by atoms with van der Waals surface area (Å²) < 4.78 is 16.8. The molecule has 0 radical (unpaired) electrons. The molecule has 1 unspecified atom stereocenters. The topological polar surface area (TPSA) is 134 Å². The maximum atomic E-state index is 5.71. The maximum absolute atomic E-state index is 5.71. The lowest BCUT2D eigenvalue weighted by Crippen LogP contribution is -2.36. The Hall–Kier alpha value is -3.80. The summed E-state index contributed by atoms with van der Waals surface area (Å²) in [7, 11) is 1.67. The number of fused-ring (bicyclic) bond motifs is 1. The van der Waals surface area contributed by atoms with Gasteiger partial charge in [-0.05, 0) is 25.0 Å². The van der Waals surface area contributed by atoms with Gasteiger partial charge < -0.3 is 29.7 Å². The van der Waals surface area contributed by atoms with E-state index in [0.29, 0.717) is 23.4 Å². The van der Waals surface area contributed by atoms with Gasteiger partial charge in [0.25, 0.3) is 0 Å². The molecule has 3 aliphatic rings. The second-order valence-electron chi connectivity index (χ2n) is 9.20. The first kappa shape index (κ1) is 22.7. The molecule has 0 bridgehead atoms. The molecule has 190 valence electrons. The first-order valence-electron chi connectivity index (χ1n) is 12.5. The van der Waals surface area contributed by atoms with Crippen molar-refractivity contribution in [1.82, 2.24) is 25.6 Å². The molecule has 4 N–H and O–H groups in total. The lowest BCUT2D eigenvalue weighted by atomic mass is 9.95. The Morgan fingerprint density at radius 1 is 1.11 bits per heavy atom. The van der Waals surface area contributed by atoms with Gasteiger partial charge in [-0.15, -0.1) is 5.10 Å². The molecule has 0 amide bonds. The van der Waals surface area contributed by atoms with Gasteiger partial charge in [-0.1, -0.05) is 19.3 Å². The number of nitrogens with zero attached hydrogens (tertiary/aromatic N) is 5. The zero-order valence-corrected chi connectivity index (χ0v) is 20.3. The first-order valence-corrected chi connectivity index (χ1v) is 12.5. The van der Waals surface area contributed by atoms with E-state index in [4.69, 9.17) is 24.2 Å². The van der Waals surface area contributed by atoms with Crippen LogP contribution in [-0.4, -0.2) is 66.0 Å². The molecule has 0 spiro atoms. The zero-order valence-electron chi connectivity index (χ0n) is 20.3. The molecule has 2 aromatic heterocycles. The molecule has 1 saturated heterocycles. The minimum atomic E-state index is -0.461. The Morgan fingerprint density at radius 3 is 2.75 bits per heavy atom. The normalized spacial score (nSPS) is 20.2. The molecular formula is C24H31N9O3. The van der Waals surface area contributed by atoms with Crippen LogP contribution in [0.5, 0.6) is 5.75 Å². The van der Waals surface area contributed by atoms with Crippen LogP contribution in [0.25, 0.3) is 11.0 Å². The molecule has 1 aliphatic carbocycles. The third-order valence-corrected chi connectivity index (χ3v) is 6.90.